The summed E-state index contributed by atoms with van der Waals surface area (Å²) < 4.78 is 4.37. The molecule has 322 valence electrons. The SMILES string of the molecule is c1ccc(-c2ccc3c(n2)[Si](c2ccccc2)(c2cccc(-c4nc(-n5c6ccccc6c6ccccc65)nc(-n5c6ccccc6c6ccccc65)n4)c2)c2nc(-c4ccccc4)ccc2-3)cc1. The smallest absolute Gasteiger partial charge is 0.240 e. The molecule has 14 rings (SSSR count). The molecule has 5 aromatic heterocycles. The van der Waals surface area contributed by atoms with Crippen LogP contribution < -0.4 is 21.0 Å². The molecule has 8 heteroatoms. The largest absolute Gasteiger partial charge is 0.278 e. The normalized spacial score (nSPS) is 12.8. The lowest BCUT2D eigenvalue weighted by Crippen LogP contribution is -2.74. The number of benzene rings is 8. The Morgan fingerprint density at radius 2 is 0.667 bits per heavy atom. The molecule has 0 spiro atoms. The first-order valence-electron chi connectivity index (χ1n) is 23.3. The molecule has 6 heterocycles. The van der Waals surface area contributed by atoms with Crippen molar-refractivity contribution in [3.63, 3.8) is 0 Å². The molecule has 7 nitrogen and oxygen atoms in total. The fourth-order valence-electron chi connectivity index (χ4n) is 10.8. The summed E-state index contributed by atoms with van der Waals surface area (Å²) in [6, 6.07) is 83.6. The number of fused-ring (bicyclic) bond motifs is 9. The van der Waals surface area contributed by atoms with E-state index in [1.54, 1.807) is 0 Å². The van der Waals surface area contributed by atoms with Crippen molar-refractivity contribution in [1.82, 2.24) is 34.1 Å². The zero-order chi connectivity index (χ0) is 45.5. The number of rotatable bonds is 7. The van der Waals surface area contributed by atoms with Crippen molar-refractivity contribution in [2.45, 2.75) is 0 Å². The molecular weight excluding hydrogens is 859 g/mol. The van der Waals surface area contributed by atoms with Crippen molar-refractivity contribution >= 4 is 72.7 Å². The van der Waals surface area contributed by atoms with E-state index in [0.29, 0.717) is 17.7 Å². The molecule has 0 amide bonds. The third kappa shape index (κ3) is 5.96. The first kappa shape index (κ1) is 39.1. The highest BCUT2D eigenvalue weighted by atomic mass is 28.3. The molecule has 13 aromatic rings. The molecule has 69 heavy (non-hydrogen) atoms. The molecular formula is C61H39N7Si. The minimum Gasteiger partial charge on any atom is -0.278 e. The quantitative estimate of drug-likeness (QED) is 0.149. The highest BCUT2D eigenvalue weighted by Crippen LogP contribution is 2.36. The molecule has 0 unspecified atom stereocenters. The Bertz CT molecular complexity index is 3820. The second-order valence-electron chi connectivity index (χ2n) is 17.6. The van der Waals surface area contributed by atoms with Gasteiger partial charge in [-0.1, -0.05) is 200 Å². The van der Waals surface area contributed by atoms with E-state index in [9.17, 15) is 0 Å². The summed E-state index contributed by atoms with van der Waals surface area (Å²) in [7, 11) is -3.30. The average molecular weight is 898 g/mol. The second-order valence-corrected chi connectivity index (χ2v) is 21.2. The highest BCUT2D eigenvalue weighted by molar-refractivity contribution is 7.21. The molecule has 0 fully saturated rings. The third-order valence-corrected chi connectivity index (χ3v) is 18.4. The van der Waals surface area contributed by atoms with E-state index >= 15 is 0 Å². The first-order valence-corrected chi connectivity index (χ1v) is 25.3. The fourth-order valence-corrected chi connectivity index (χ4v) is 15.7. The highest BCUT2D eigenvalue weighted by Gasteiger charge is 2.52. The van der Waals surface area contributed by atoms with Crippen LogP contribution in [0.2, 0.25) is 0 Å². The van der Waals surface area contributed by atoms with Crippen LogP contribution in [0.3, 0.4) is 0 Å². The number of pyridine rings is 2. The van der Waals surface area contributed by atoms with E-state index in [1.165, 1.54) is 5.19 Å². The summed E-state index contributed by atoms with van der Waals surface area (Å²) in [5.74, 6) is 1.64. The Hall–Kier alpha value is -9.11. The lowest BCUT2D eigenvalue weighted by molar-refractivity contribution is 0.893. The molecule has 0 bridgehead atoms. The topological polar surface area (TPSA) is 74.3 Å². The zero-order valence-electron chi connectivity index (χ0n) is 37.1. The van der Waals surface area contributed by atoms with E-state index in [4.69, 9.17) is 24.9 Å². The van der Waals surface area contributed by atoms with Gasteiger partial charge in [-0.25, -0.2) is 0 Å². The molecule has 1 aliphatic heterocycles. The van der Waals surface area contributed by atoms with Gasteiger partial charge in [-0.15, -0.1) is 0 Å². The van der Waals surface area contributed by atoms with Crippen LogP contribution in [0.25, 0.3) is 101 Å². The first-order chi connectivity index (χ1) is 34.2. The maximum Gasteiger partial charge on any atom is 0.240 e. The lowest BCUT2D eigenvalue weighted by Gasteiger charge is -2.30. The van der Waals surface area contributed by atoms with E-state index in [-0.39, 0.29) is 0 Å². The van der Waals surface area contributed by atoms with Crippen LogP contribution in [0, 0.1) is 0 Å². The molecule has 8 aromatic carbocycles. The maximum absolute atomic E-state index is 5.73. The van der Waals surface area contributed by atoms with Crippen molar-refractivity contribution in [3.8, 4) is 56.9 Å². The minimum atomic E-state index is -3.30. The molecule has 0 saturated carbocycles. The summed E-state index contributed by atoms with van der Waals surface area (Å²) in [5, 5.41) is 9.00. The average Bonchev–Trinajstić information content (AvgIpc) is 4.05. The van der Waals surface area contributed by atoms with Gasteiger partial charge in [-0.05, 0) is 46.8 Å². The molecule has 0 atom stereocenters. The van der Waals surface area contributed by atoms with Gasteiger partial charge in [-0.3, -0.25) is 19.1 Å². The van der Waals surface area contributed by atoms with Gasteiger partial charge in [-0.2, -0.15) is 15.0 Å². The number of hydrogen-bond donors (Lipinski definition) is 0. The van der Waals surface area contributed by atoms with Crippen LogP contribution >= 0.6 is 0 Å². The summed E-state index contributed by atoms with van der Waals surface area (Å²) in [4.78, 5) is 27.9. The van der Waals surface area contributed by atoms with Crippen molar-refractivity contribution in [3.05, 3.63) is 237 Å². The van der Waals surface area contributed by atoms with Crippen molar-refractivity contribution in [1.29, 1.82) is 0 Å². The Morgan fingerprint density at radius 3 is 1.12 bits per heavy atom. The summed E-state index contributed by atoms with van der Waals surface area (Å²) in [6.07, 6.45) is 0. The van der Waals surface area contributed by atoms with Gasteiger partial charge in [0.15, 0.2) is 5.82 Å². The predicted molar refractivity (Wildman–Crippen MR) is 283 cm³/mol. The van der Waals surface area contributed by atoms with E-state index in [2.05, 4.69) is 246 Å². The Labute approximate surface area is 398 Å². The maximum atomic E-state index is 5.73. The predicted octanol–water partition coefficient (Wildman–Crippen LogP) is 11.2. The van der Waals surface area contributed by atoms with E-state index < -0.39 is 8.07 Å². The molecule has 0 saturated heterocycles. The van der Waals surface area contributed by atoms with Gasteiger partial charge in [0.2, 0.25) is 20.0 Å². The van der Waals surface area contributed by atoms with Gasteiger partial charge >= 0.3 is 0 Å². The van der Waals surface area contributed by atoms with Gasteiger partial charge in [0, 0.05) is 60.0 Å². The summed E-state index contributed by atoms with van der Waals surface area (Å²) >= 11 is 0. The monoisotopic (exact) mass is 897 g/mol. The van der Waals surface area contributed by atoms with Crippen LogP contribution in [0.4, 0.5) is 0 Å². The standard InChI is InChI=1S/C61H39N7Si/c1-4-19-40(20-5-1)51-37-35-49-50-36-38-52(41-21-6-2-7-22-41)63-59(50)69(58(49)62-51,43-24-8-3-9-25-43)44-26-18-23-42(39-44)57-64-60(67-53-31-14-10-27-45(53)46-28-11-15-32-54(46)67)66-61(65-57)68-55-33-16-12-29-47(55)48-30-13-17-34-56(48)68/h1-39H. The summed E-state index contributed by atoms with van der Waals surface area (Å²) in [6.45, 7) is 0. The van der Waals surface area contributed by atoms with Gasteiger partial charge in [0.05, 0.1) is 33.5 Å². The zero-order valence-corrected chi connectivity index (χ0v) is 38.1. The van der Waals surface area contributed by atoms with Crippen LogP contribution in [0.15, 0.2) is 237 Å². The van der Waals surface area contributed by atoms with Gasteiger partial charge in [0.25, 0.3) is 0 Å². The van der Waals surface area contributed by atoms with Crippen molar-refractivity contribution < 1.29 is 0 Å². The number of nitrogens with zero attached hydrogens (tertiary/aromatic N) is 7. The van der Waals surface area contributed by atoms with Gasteiger partial charge in [0.1, 0.15) is 0 Å². The fraction of sp³-hybridized carbons (Fsp3) is 0. The number of aromatic nitrogens is 7. The minimum absolute atomic E-state index is 0.537. The molecule has 1 aliphatic rings. The van der Waals surface area contributed by atoms with Crippen LogP contribution in [0.5, 0.6) is 0 Å². The number of para-hydroxylation sites is 4. The Kier molecular flexibility index (Phi) is 8.77. The van der Waals surface area contributed by atoms with Crippen LogP contribution in [-0.2, 0) is 0 Å². The molecule has 0 radical (unpaired) electrons. The van der Waals surface area contributed by atoms with Crippen molar-refractivity contribution in [2.24, 2.45) is 0 Å². The van der Waals surface area contributed by atoms with Crippen LogP contribution in [0.1, 0.15) is 0 Å². The second kappa shape index (κ2) is 15.5. The Morgan fingerprint density at radius 1 is 0.290 bits per heavy atom. The van der Waals surface area contributed by atoms with Crippen molar-refractivity contribution in [2.75, 3.05) is 0 Å². The third-order valence-electron chi connectivity index (χ3n) is 13.9. The van der Waals surface area contributed by atoms with Crippen LogP contribution in [-0.4, -0.2) is 42.1 Å². The molecule has 0 N–H and O–H groups in total. The molecule has 0 aliphatic carbocycles. The Balaban J connectivity index is 1.06. The lowest BCUT2D eigenvalue weighted by atomic mass is 10.1. The number of hydrogen-bond acceptors (Lipinski definition) is 5. The van der Waals surface area contributed by atoms with E-state index in [0.717, 1.165) is 98.6 Å². The summed E-state index contributed by atoms with van der Waals surface area (Å²) in [5.41, 5.74) is 11.2. The van der Waals surface area contributed by atoms with Gasteiger partial charge < -0.3 is 0 Å². The van der Waals surface area contributed by atoms with E-state index in [1.807, 2.05) is 0 Å².